The number of ether oxygens (including phenoxy) is 2. The molecule has 2 unspecified atom stereocenters. The van der Waals surface area contributed by atoms with Crippen LogP contribution in [0.25, 0.3) is 11.6 Å². The second kappa shape index (κ2) is 3.57. The van der Waals surface area contributed by atoms with E-state index in [0.717, 1.165) is 5.57 Å². The van der Waals surface area contributed by atoms with Crippen molar-refractivity contribution in [3.05, 3.63) is 58.1 Å². The molecule has 1 spiro atoms. The Kier molecular flexibility index (Phi) is 2.11. The third kappa shape index (κ3) is 1.16. The van der Waals surface area contributed by atoms with Crippen LogP contribution in [0.3, 0.4) is 0 Å². The number of benzene rings is 1. The number of fused-ring (bicyclic) bond motifs is 3. The molecule has 1 aliphatic carbocycles. The molecule has 2 aliphatic heterocycles. The first-order valence-electron chi connectivity index (χ1n) is 7.12. The molecule has 2 heteroatoms. The minimum Gasteiger partial charge on any atom is -0.457 e. The van der Waals surface area contributed by atoms with Crippen molar-refractivity contribution in [3.63, 3.8) is 0 Å². The van der Waals surface area contributed by atoms with Gasteiger partial charge in [0.1, 0.15) is 6.10 Å². The lowest BCUT2D eigenvalue weighted by Gasteiger charge is -2.40. The van der Waals surface area contributed by atoms with Crippen LogP contribution in [-0.4, -0.2) is 11.7 Å². The van der Waals surface area contributed by atoms with Gasteiger partial charge in [-0.25, -0.2) is 0 Å². The van der Waals surface area contributed by atoms with E-state index in [-0.39, 0.29) is 6.10 Å². The van der Waals surface area contributed by atoms with Crippen molar-refractivity contribution >= 4 is 11.6 Å². The van der Waals surface area contributed by atoms with Crippen LogP contribution in [-0.2, 0) is 9.47 Å². The number of rotatable bonds is 0. The van der Waals surface area contributed by atoms with Crippen LogP contribution in [0.2, 0.25) is 0 Å². The molecule has 0 N–H and O–H groups in total. The maximum atomic E-state index is 6.28. The standard InChI is InChI=1S/C18H18O2/c1-10-9-14-7-5-6-8-15(14)16-11(2)12(3)17-19-13(4)18(10,16)20-17/h5-9,13H,1-4H3. The summed E-state index contributed by atoms with van der Waals surface area (Å²) in [7, 11) is 0. The molecular formula is C18H18O2. The van der Waals surface area contributed by atoms with E-state index in [1.54, 1.807) is 0 Å². The van der Waals surface area contributed by atoms with Crippen molar-refractivity contribution in [1.29, 1.82) is 0 Å². The summed E-state index contributed by atoms with van der Waals surface area (Å²) in [5.41, 5.74) is 7.00. The zero-order valence-electron chi connectivity index (χ0n) is 12.3. The monoisotopic (exact) mass is 266 g/mol. The predicted octanol–water partition coefficient (Wildman–Crippen LogP) is 4.30. The maximum Gasteiger partial charge on any atom is 0.284 e. The van der Waals surface area contributed by atoms with E-state index in [4.69, 9.17) is 9.47 Å². The highest BCUT2D eigenvalue weighted by Crippen LogP contribution is 2.56. The Hall–Kier alpha value is -1.96. The van der Waals surface area contributed by atoms with Crippen LogP contribution in [0.1, 0.15) is 38.8 Å². The molecule has 1 aromatic carbocycles. The lowest BCUT2D eigenvalue weighted by Crippen LogP contribution is -2.43. The summed E-state index contributed by atoms with van der Waals surface area (Å²) < 4.78 is 12.3. The molecule has 2 atom stereocenters. The van der Waals surface area contributed by atoms with Gasteiger partial charge in [0, 0.05) is 11.1 Å². The molecule has 0 amide bonds. The fourth-order valence-electron chi connectivity index (χ4n) is 3.73. The second-order valence-electron chi connectivity index (χ2n) is 5.92. The summed E-state index contributed by atoms with van der Waals surface area (Å²) >= 11 is 0. The van der Waals surface area contributed by atoms with E-state index >= 15 is 0 Å². The topological polar surface area (TPSA) is 18.5 Å². The molecule has 4 rings (SSSR count). The van der Waals surface area contributed by atoms with E-state index in [1.807, 2.05) is 0 Å². The van der Waals surface area contributed by atoms with Crippen LogP contribution in [0.5, 0.6) is 0 Å². The highest BCUT2D eigenvalue weighted by molar-refractivity contribution is 5.91. The van der Waals surface area contributed by atoms with Gasteiger partial charge in [0.05, 0.1) is 0 Å². The molecule has 20 heavy (non-hydrogen) atoms. The van der Waals surface area contributed by atoms with Crippen molar-refractivity contribution in [1.82, 2.24) is 0 Å². The van der Waals surface area contributed by atoms with E-state index in [1.165, 1.54) is 27.8 Å². The third-order valence-corrected chi connectivity index (χ3v) is 4.91. The first-order valence-corrected chi connectivity index (χ1v) is 7.12. The largest absolute Gasteiger partial charge is 0.457 e. The minimum absolute atomic E-state index is 0.00417. The molecule has 0 saturated carbocycles. The molecule has 0 aromatic heterocycles. The molecular weight excluding hydrogens is 248 g/mol. The van der Waals surface area contributed by atoms with Crippen molar-refractivity contribution < 1.29 is 9.47 Å². The van der Waals surface area contributed by atoms with E-state index in [9.17, 15) is 0 Å². The molecule has 1 fully saturated rings. The van der Waals surface area contributed by atoms with Crippen molar-refractivity contribution in [2.24, 2.45) is 0 Å². The van der Waals surface area contributed by atoms with Gasteiger partial charge in [-0.15, -0.1) is 0 Å². The molecule has 3 aliphatic rings. The Morgan fingerprint density at radius 3 is 2.60 bits per heavy atom. The van der Waals surface area contributed by atoms with Crippen molar-refractivity contribution in [3.8, 4) is 0 Å². The first-order chi connectivity index (χ1) is 9.55. The number of hydrogen-bond acceptors (Lipinski definition) is 2. The molecule has 2 heterocycles. The SMILES string of the molecule is CC1=Cc2ccccc2C2=C(C)C(C)=C3OC(C)C12O3. The lowest BCUT2D eigenvalue weighted by molar-refractivity contribution is 0.113. The smallest absolute Gasteiger partial charge is 0.284 e. The Labute approximate surface area is 119 Å². The average molecular weight is 266 g/mol. The highest BCUT2D eigenvalue weighted by Gasteiger charge is 2.56. The van der Waals surface area contributed by atoms with Gasteiger partial charge >= 0.3 is 0 Å². The van der Waals surface area contributed by atoms with Gasteiger partial charge in [-0.05, 0) is 50.0 Å². The minimum atomic E-state index is -0.437. The lowest BCUT2D eigenvalue weighted by atomic mass is 9.70. The maximum absolute atomic E-state index is 6.28. The van der Waals surface area contributed by atoms with Crippen LogP contribution in [0.4, 0.5) is 0 Å². The third-order valence-electron chi connectivity index (χ3n) is 4.91. The molecule has 1 aromatic rings. The molecule has 2 nitrogen and oxygen atoms in total. The van der Waals surface area contributed by atoms with Crippen molar-refractivity contribution in [2.45, 2.75) is 39.4 Å². The van der Waals surface area contributed by atoms with Gasteiger partial charge in [-0.1, -0.05) is 30.3 Å². The normalized spacial score (nSPS) is 30.4. The fraction of sp³-hybridized carbons (Fsp3) is 0.333. The first kappa shape index (κ1) is 11.8. The number of hydrogen-bond donors (Lipinski definition) is 0. The molecule has 102 valence electrons. The highest BCUT2D eigenvalue weighted by atomic mass is 16.7. The Morgan fingerprint density at radius 1 is 1.05 bits per heavy atom. The van der Waals surface area contributed by atoms with Crippen LogP contribution in [0.15, 0.2) is 46.9 Å². The quantitative estimate of drug-likeness (QED) is 0.697. The Balaban J connectivity index is 2.12. The predicted molar refractivity (Wildman–Crippen MR) is 79.8 cm³/mol. The second-order valence-corrected chi connectivity index (χ2v) is 5.92. The van der Waals surface area contributed by atoms with Gasteiger partial charge < -0.3 is 9.47 Å². The Morgan fingerprint density at radius 2 is 1.80 bits per heavy atom. The van der Waals surface area contributed by atoms with Gasteiger partial charge in [0.15, 0.2) is 5.60 Å². The van der Waals surface area contributed by atoms with Crippen LogP contribution in [0, 0.1) is 0 Å². The van der Waals surface area contributed by atoms with Crippen LogP contribution >= 0.6 is 0 Å². The molecule has 1 saturated heterocycles. The molecule has 0 radical (unpaired) electrons. The Bertz CT molecular complexity index is 721. The average Bonchev–Trinajstić information content (AvgIpc) is 2.74. The number of allylic oxidation sites excluding steroid dienone is 2. The van der Waals surface area contributed by atoms with E-state index in [0.29, 0.717) is 5.95 Å². The summed E-state index contributed by atoms with van der Waals surface area (Å²) in [6.45, 7) is 8.51. The van der Waals surface area contributed by atoms with Crippen molar-refractivity contribution in [2.75, 3.05) is 0 Å². The van der Waals surface area contributed by atoms with Gasteiger partial charge in [-0.3, -0.25) is 0 Å². The molecule has 2 bridgehead atoms. The zero-order valence-corrected chi connectivity index (χ0v) is 12.3. The van der Waals surface area contributed by atoms with E-state index < -0.39 is 5.60 Å². The summed E-state index contributed by atoms with van der Waals surface area (Å²) in [6, 6.07) is 8.53. The fourth-order valence-corrected chi connectivity index (χ4v) is 3.73. The van der Waals surface area contributed by atoms with Gasteiger partial charge in [0.2, 0.25) is 0 Å². The van der Waals surface area contributed by atoms with Gasteiger partial charge in [-0.2, -0.15) is 0 Å². The zero-order chi connectivity index (χ0) is 14.1. The summed E-state index contributed by atoms with van der Waals surface area (Å²) in [5.74, 6) is 0.700. The summed E-state index contributed by atoms with van der Waals surface area (Å²) in [4.78, 5) is 0. The van der Waals surface area contributed by atoms with Crippen LogP contribution < -0.4 is 0 Å². The van der Waals surface area contributed by atoms with E-state index in [2.05, 4.69) is 58.0 Å². The summed E-state index contributed by atoms with van der Waals surface area (Å²) in [5, 5.41) is 0. The van der Waals surface area contributed by atoms with Gasteiger partial charge in [0.25, 0.3) is 5.95 Å². The summed E-state index contributed by atoms with van der Waals surface area (Å²) in [6.07, 6.45) is 2.24.